The van der Waals surface area contributed by atoms with Crippen LogP contribution in [-0.4, -0.2) is 47.5 Å². The van der Waals surface area contributed by atoms with Crippen molar-refractivity contribution in [2.24, 2.45) is 0 Å². The zero-order valence-electron chi connectivity index (χ0n) is 20.4. The number of pyridine rings is 1. The van der Waals surface area contributed by atoms with Crippen LogP contribution in [0.1, 0.15) is 43.3 Å². The van der Waals surface area contributed by atoms with Crippen LogP contribution in [0, 0.1) is 12.7 Å². The first-order chi connectivity index (χ1) is 16.4. The molecule has 0 aliphatic heterocycles. The topological polar surface area (TPSA) is 112 Å². The van der Waals surface area contributed by atoms with Crippen LogP contribution in [0.3, 0.4) is 0 Å². The minimum Gasteiger partial charge on any atom is -0.483 e. The number of thiazole rings is 1. The molecule has 0 unspecified atom stereocenters. The molecule has 2 heterocycles. The van der Waals surface area contributed by atoms with Gasteiger partial charge in [0.1, 0.15) is 11.6 Å². The molecule has 0 atom stereocenters. The average Bonchev–Trinajstić information content (AvgIpc) is 3.25. The monoisotopic (exact) mass is 522 g/mol. The van der Waals surface area contributed by atoms with Crippen molar-refractivity contribution in [1.29, 1.82) is 0 Å². The molecule has 0 radical (unpaired) electrons. The Morgan fingerprint density at radius 1 is 1.23 bits per heavy atom. The Bertz CT molecular complexity index is 1230. The highest BCUT2D eigenvalue weighted by Crippen LogP contribution is 2.23. The molecule has 2 N–H and O–H groups in total. The van der Waals surface area contributed by atoms with E-state index in [1.807, 2.05) is 13.1 Å². The summed E-state index contributed by atoms with van der Waals surface area (Å²) in [6.07, 6.45) is 0. The van der Waals surface area contributed by atoms with Crippen LogP contribution >= 0.6 is 11.3 Å². The number of benzene rings is 1. The molecule has 0 bridgehead atoms. The van der Waals surface area contributed by atoms with E-state index in [9.17, 15) is 12.8 Å². The number of anilines is 1. The Hall–Kier alpha value is -2.89. The van der Waals surface area contributed by atoms with E-state index < -0.39 is 9.84 Å². The van der Waals surface area contributed by atoms with Gasteiger partial charge in [0.2, 0.25) is 0 Å². The molecule has 2 aromatic heterocycles. The first kappa shape index (κ1) is 28.3. The van der Waals surface area contributed by atoms with Gasteiger partial charge in [-0.15, -0.1) is 11.3 Å². The Balaban J connectivity index is 0.00000137. The van der Waals surface area contributed by atoms with Crippen LogP contribution in [0.2, 0.25) is 0 Å². The lowest BCUT2D eigenvalue weighted by Gasteiger charge is -2.32. The molecule has 11 heteroatoms. The van der Waals surface area contributed by atoms with Gasteiger partial charge in [-0.2, -0.15) is 0 Å². The zero-order chi connectivity index (χ0) is 26.2. The number of aryl methyl sites for hydroxylation is 1. The summed E-state index contributed by atoms with van der Waals surface area (Å²) in [6.45, 7) is 8.60. The summed E-state index contributed by atoms with van der Waals surface area (Å²) >= 11 is 1.36. The molecule has 35 heavy (non-hydrogen) atoms. The SMILES string of the molecule is Cc1nc(NCc2c(F)cccc2CN(C)C(C)(C)C)ccc1S(=O)(=O)Cc1cscn1.O=CO. The summed E-state index contributed by atoms with van der Waals surface area (Å²) in [5.74, 6) is 0.0519. The number of carbonyl (C=O) groups is 1. The number of rotatable bonds is 8. The highest BCUT2D eigenvalue weighted by atomic mass is 32.2. The van der Waals surface area contributed by atoms with Crippen molar-refractivity contribution in [1.82, 2.24) is 14.9 Å². The van der Waals surface area contributed by atoms with E-state index in [0.29, 0.717) is 29.3 Å². The number of sulfone groups is 1. The smallest absolute Gasteiger partial charge is 0.290 e. The molecule has 3 aromatic rings. The maximum Gasteiger partial charge on any atom is 0.290 e. The van der Waals surface area contributed by atoms with E-state index in [1.165, 1.54) is 17.4 Å². The zero-order valence-corrected chi connectivity index (χ0v) is 22.1. The minimum absolute atomic E-state index is 0.0461. The minimum atomic E-state index is -3.55. The fourth-order valence-corrected chi connectivity index (χ4v) is 5.32. The molecule has 0 spiro atoms. The maximum absolute atomic E-state index is 14.6. The van der Waals surface area contributed by atoms with Gasteiger partial charge < -0.3 is 10.4 Å². The van der Waals surface area contributed by atoms with Crippen molar-refractivity contribution in [3.8, 4) is 0 Å². The molecule has 0 saturated carbocycles. The molecule has 1 aromatic carbocycles. The van der Waals surface area contributed by atoms with E-state index in [4.69, 9.17) is 9.90 Å². The third-order valence-electron chi connectivity index (χ3n) is 5.41. The van der Waals surface area contributed by atoms with Crippen LogP contribution in [0.15, 0.2) is 46.1 Å². The number of hydrogen-bond acceptors (Lipinski definition) is 8. The van der Waals surface area contributed by atoms with Crippen LogP contribution in [0.4, 0.5) is 10.2 Å². The second-order valence-electron chi connectivity index (χ2n) is 8.88. The molecule has 0 fully saturated rings. The van der Waals surface area contributed by atoms with Crippen LogP contribution in [0.25, 0.3) is 0 Å². The lowest BCUT2D eigenvalue weighted by Crippen LogP contribution is -2.37. The number of aromatic nitrogens is 2. The van der Waals surface area contributed by atoms with Crippen molar-refractivity contribution in [3.05, 3.63) is 69.6 Å². The lowest BCUT2D eigenvalue weighted by molar-refractivity contribution is -0.122. The molecular weight excluding hydrogens is 491 g/mol. The van der Waals surface area contributed by atoms with Gasteiger partial charge in [-0.1, -0.05) is 12.1 Å². The molecule has 0 saturated heterocycles. The van der Waals surface area contributed by atoms with E-state index in [1.54, 1.807) is 36.0 Å². The Morgan fingerprint density at radius 2 is 1.91 bits per heavy atom. The van der Waals surface area contributed by atoms with Gasteiger partial charge >= 0.3 is 0 Å². The molecule has 3 rings (SSSR count). The van der Waals surface area contributed by atoms with Crippen molar-refractivity contribution in [3.63, 3.8) is 0 Å². The normalized spacial score (nSPS) is 11.6. The average molecular weight is 523 g/mol. The Morgan fingerprint density at radius 3 is 2.49 bits per heavy atom. The summed E-state index contributed by atoms with van der Waals surface area (Å²) in [5.41, 5.74) is 3.95. The second-order valence-corrected chi connectivity index (χ2v) is 11.6. The van der Waals surface area contributed by atoms with Crippen LogP contribution < -0.4 is 5.32 Å². The van der Waals surface area contributed by atoms with Gasteiger partial charge in [0.05, 0.1) is 27.5 Å². The first-order valence-corrected chi connectivity index (χ1v) is 13.3. The predicted octanol–water partition coefficient (Wildman–Crippen LogP) is 4.50. The Kier molecular flexibility index (Phi) is 9.87. The summed E-state index contributed by atoms with van der Waals surface area (Å²) in [5, 5.41) is 11.8. The molecular formula is C24H31FN4O4S2. The summed E-state index contributed by atoms with van der Waals surface area (Å²) in [7, 11) is -1.54. The number of nitrogens with one attached hydrogen (secondary N) is 1. The third-order valence-corrected chi connectivity index (χ3v) is 7.82. The summed E-state index contributed by atoms with van der Waals surface area (Å²) in [4.78, 5) is 19.2. The number of hydrogen-bond donors (Lipinski definition) is 2. The standard InChI is InChI=1S/C23H29FN4O2S2.CH2O2/c1-16-21(32(29,30)14-18-13-31-15-26-18)9-10-22(27-16)25-11-19-17(7-6-8-20(19)24)12-28(5)23(2,3)4;2-1-3/h6-10,13,15H,11-12,14H2,1-5H3,(H,25,27);1H,(H,2,3). The number of carboxylic acid groups (broad SMARTS) is 1. The number of halogens is 1. The van der Waals surface area contributed by atoms with E-state index >= 15 is 0 Å². The van der Waals surface area contributed by atoms with Crippen molar-refractivity contribution in [2.75, 3.05) is 12.4 Å². The van der Waals surface area contributed by atoms with E-state index in [2.05, 4.69) is 41.0 Å². The summed E-state index contributed by atoms with van der Waals surface area (Å²) in [6, 6.07) is 8.25. The van der Waals surface area contributed by atoms with Gasteiger partial charge in [-0.3, -0.25) is 9.69 Å². The van der Waals surface area contributed by atoms with Gasteiger partial charge in [0, 0.05) is 29.6 Å². The molecule has 0 amide bonds. The molecule has 8 nitrogen and oxygen atoms in total. The van der Waals surface area contributed by atoms with Gasteiger partial charge in [-0.05, 0) is 58.5 Å². The maximum atomic E-state index is 14.6. The first-order valence-electron chi connectivity index (χ1n) is 10.8. The lowest BCUT2D eigenvalue weighted by atomic mass is 10.0. The fraction of sp³-hybridized carbons (Fsp3) is 0.375. The van der Waals surface area contributed by atoms with E-state index in [-0.39, 0.29) is 35.0 Å². The summed E-state index contributed by atoms with van der Waals surface area (Å²) < 4.78 is 40.1. The molecule has 190 valence electrons. The van der Waals surface area contributed by atoms with Crippen molar-refractivity contribution in [2.45, 2.75) is 57.0 Å². The van der Waals surface area contributed by atoms with E-state index in [0.717, 1.165) is 5.56 Å². The molecule has 0 aliphatic carbocycles. The van der Waals surface area contributed by atoms with Gasteiger partial charge in [0.15, 0.2) is 9.84 Å². The third kappa shape index (κ3) is 8.08. The predicted molar refractivity (Wildman–Crippen MR) is 136 cm³/mol. The second kappa shape index (κ2) is 12.2. The van der Waals surface area contributed by atoms with Crippen molar-refractivity contribution < 1.29 is 22.7 Å². The van der Waals surface area contributed by atoms with Gasteiger partial charge in [-0.25, -0.2) is 22.8 Å². The Labute approximate surface area is 209 Å². The van der Waals surface area contributed by atoms with Crippen LogP contribution in [0.5, 0.6) is 0 Å². The largest absolute Gasteiger partial charge is 0.483 e. The fourth-order valence-electron chi connectivity index (χ4n) is 3.18. The van der Waals surface area contributed by atoms with Crippen LogP contribution in [-0.2, 0) is 33.5 Å². The molecule has 0 aliphatic rings. The highest BCUT2D eigenvalue weighted by molar-refractivity contribution is 7.90. The van der Waals surface area contributed by atoms with Crippen molar-refractivity contribution >= 4 is 33.5 Å². The quantitative estimate of drug-likeness (QED) is 0.416. The highest BCUT2D eigenvalue weighted by Gasteiger charge is 2.21. The number of nitrogens with zero attached hydrogens (tertiary/aromatic N) is 3. The van der Waals surface area contributed by atoms with Gasteiger partial charge in [0.25, 0.3) is 6.47 Å².